The second-order valence-electron chi connectivity index (χ2n) is 5.07. The van der Waals surface area contributed by atoms with Gasteiger partial charge in [0.15, 0.2) is 0 Å². The van der Waals surface area contributed by atoms with Gasteiger partial charge in [-0.15, -0.1) is 11.8 Å². The van der Waals surface area contributed by atoms with Gasteiger partial charge in [0.1, 0.15) is 0 Å². The third-order valence-electron chi connectivity index (χ3n) is 3.40. The van der Waals surface area contributed by atoms with Crippen molar-refractivity contribution in [3.63, 3.8) is 0 Å². The molecular weight excluding hydrogens is 308 g/mol. The van der Waals surface area contributed by atoms with Gasteiger partial charge in [0.2, 0.25) is 0 Å². The average molecular weight is 328 g/mol. The number of nitrogens with one attached hydrogen (secondary N) is 1. The number of amides is 2. The maximum Gasteiger partial charge on any atom is 0.316 e. The summed E-state index contributed by atoms with van der Waals surface area (Å²) in [4.78, 5) is 27.2. The van der Waals surface area contributed by atoms with E-state index in [-0.39, 0.29) is 0 Å². The second-order valence-corrected chi connectivity index (χ2v) is 5.95. The van der Waals surface area contributed by atoms with Crippen LogP contribution in [0.1, 0.15) is 12.5 Å². The zero-order chi connectivity index (χ0) is 16.8. The average Bonchev–Trinajstić information content (AvgIpc) is 2.55. The maximum atomic E-state index is 12.5. The third kappa shape index (κ3) is 4.36. The molecule has 1 N–H and O–H groups in total. The van der Waals surface area contributed by atoms with Crippen LogP contribution in [-0.2, 0) is 9.59 Å². The fourth-order valence-electron chi connectivity index (χ4n) is 2.25. The van der Waals surface area contributed by atoms with Crippen molar-refractivity contribution in [2.75, 3.05) is 23.0 Å². The first-order valence-corrected chi connectivity index (χ1v) is 8.61. The van der Waals surface area contributed by atoms with Gasteiger partial charge in [-0.3, -0.25) is 9.59 Å². The molecule has 0 aliphatic carbocycles. The number of benzene rings is 2. The molecule has 23 heavy (non-hydrogen) atoms. The molecule has 2 amide bonds. The molecule has 0 aromatic heterocycles. The fourth-order valence-corrected chi connectivity index (χ4v) is 2.71. The summed E-state index contributed by atoms with van der Waals surface area (Å²) >= 11 is 1.58. The van der Waals surface area contributed by atoms with E-state index in [0.29, 0.717) is 12.2 Å². The highest BCUT2D eigenvalue weighted by Crippen LogP contribution is 2.20. The summed E-state index contributed by atoms with van der Waals surface area (Å²) in [6.07, 6.45) is 1.96. The predicted octanol–water partition coefficient (Wildman–Crippen LogP) is 3.71. The van der Waals surface area contributed by atoms with E-state index < -0.39 is 11.8 Å². The van der Waals surface area contributed by atoms with Crippen molar-refractivity contribution >= 4 is 35.0 Å². The second kappa shape index (κ2) is 7.83. The molecule has 5 heteroatoms. The number of carbonyl (C=O) groups excluding carboxylic acids is 2. The molecule has 0 saturated carbocycles. The van der Waals surface area contributed by atoms with E-state index in [1.54, 1.807) is 17.8 Å². The minimum atomic E-state index is -0.633. The van der Waals surface area contributed by atoms with Gasteiger partial charge >= 0.3 is 11.8 Å². The van der Waals surface area contributed by atoms with E-state index in [2.05, 4.69) is 5.32 Å². The van der Waals surface area contributed by atoms with Gasteiger partial charge < -0.3 is 10.2 Å². The van der Waals surface area contributed by atoms with E-state index in [0.717, 1.165) is 16.1 Å². The van der Waals surface area contributed by atoms with Gasteiger partial charge in [-0.1, -0.05) is 18.2 Å². The van der Waals surface area contributed by atoms with Crippen LogP contribution in [0.2, 0.25) is 0 Å². The van der Waals surface area contributed by atoms with E-state index in [1.165, 1.54) is 4.90 Å². The van der Waals surface area contributed by atoms with Crippen LogP contribution in [-0.4, -0.2) is 24.6 Å². The van der Waals surface area contributed by atoms with E-state index in [9.17, 15) is 9.59 Å². The number of hydrogen-bond acceptors (Lipinski definition) is 3. The molecule has 0 aliphatic heterocycles. The molecule has 0 bridgehead atoms. The lowest BCUT2D eigenvalue weighted by Gasteiger charge is -2.20. The lowest BCUT2D eigenvalue weighted by molar-refractivity contribution is -0.134. The van der Waals surface area contributed by atoms with Crippen molar-refractivity contribution in [2.45, 2.75) is 18.7 Å². The van der Waals surface area contributed by atoms with Gasteiger partial charge in [0, 0.05) is 22.8 Å². The highest BCUT2D eigenvalue weighted by molar-refractivity contribution is 7.98. The molecule has 0 aliphatic rings. The number of thioether (sulfide) groups is 1. The fraction of sp³-hybridized carbons (Fsp3) is 0.222. The van der Waals surface area contributed by atoms with Crippen LogP contribution in [0, 0.1) is 6.92 Å². The Kier molecular flexibility index (Phi) is 5.82. The number of nitrogens with zero attached hydrogens (tertiary/aromatic N) is 1. The number of hydrogen-bond donors (Lipinski definition) is 1. The number of likely N-dealkylation sites (N-methyl/N-ethyl adjacent to an activating group) is 1. The van der Waals surface area contributed by atoms with Crippen LogP contribution in [0.25, 0.3) is 0 Å². The molecule has 0 unspecified atom stereocenters. The Balaban J connectivity index is 2.15. The van der Waals surface area contributed by atoms with Crippen molar-refractivity contribution < 1.29 is 9.59 Å². The summed E-state index contributed by atoms with van der Waals surface area (Å²) < 4.78 is 0. The summed E-state index contributed by atoms with van der Waals surface area (Å²) in [7, 11) is 0. The first-order chi connectivity index (χ1) is 11.0. The zero-order valence-electron chi connectivity index (χ0n) is 13.5. The Bertz CT molecular complexity index is 716. The first-order valence-electron chi connectivity index (χ1n) is 7.38. The Morgan fingerprint density at radius 3 is 2.52 bits per heavy atom. The molecule has 2 rings (SSSR count). The minimum Gasteiger partial charge on any atom is -0.318 e. The highest BCUT2D eigenvalue weighted by atomic mass is 32.2. The largest absolute Gasteiger partial charge is 0.318 e. The van der Waals surface area contributed by atoms with Gasteiger partial charge in [0.25, 0.3) is 0 Å². The van der Waals surface area contributed by atoms with Gasteiger partial charge in [0.05, 0.1) is 0 Å². The SMILES string of the molecule is CCN(C(=O)C(=O)Nc1cccc(SC)c1)c1cccc(C)c1. The smallest absolute Gasteiger partial charge is 0.316 e. The molecule has 0 saturated heterocycles. The van der Waals surface area contributed by atoms with Crippen LogP contribution >= 0.6 is 11.8 Å². The van der Waals surface area contributed by atoms with Crippen molar-refractivity contribution in [2.24, 2.45) is 0 Å². The molecule has 0 spiro atoms. The van der Waals surface area contributed by atoms with Crippen LogP contribution in [0.15, 0.2) is 53.4 Å². The topological polar surface area (TPSA) is 49.4 Å². The van der Waals surface area contributed by atoms with E-state index in [4.69, 9.17) is 0 Å². The quantitative estimate of drug-likeness (QED) is 0.687. The molecule has 120 valence electrons. The Morgan fingerprint density at radius 2 is 1.87 bits per heavy atom. The molecule has 0 heterocycles. The van der Waals surface area contributed by atoms with Gasteiger partial charge in [-0.25, -0.2) is 0 Å². The van der Waals surface area contributed by atoms with Crippen molar-refractivity contribution in [3.8, 4) is 0 Å². The molecular formula is C18H20N2O2S. The Hall–Kier alpha value is -2.27. The molecule has 0 fully saturated rings. The number of aryl methyl sites for hydroxylation is 1. The minimum absolute atomic E-state index is 0.431. The lowest BCUT2D eigenvalue weighted by Crippen LogP contribution is -2.39. The number of rotatable bonds is 4. The number of carbonyl (C=O) groups is 2. The number of anilines is 2. The molecule has 0 radical (unpaired) electrons. The van der Waals surface area contributed by atoms with Crippen molar-refractivity contribution in [3.05, 3.63) is 54.1 Å². The van der Waals surface area contributed by atoms with Crippen LogP contribution < -0.4 is 10.2 Å². The summed E-state index contributed by atoms with van der Waals surface area (Å²) in [5.41, 5.74) is 2.39. The first kappa shape index (κ1) is 17.1. The Labute approximate surface area is 140 Å². The van der Waals surface area contributed by atoms with Crippen LogP contribution in [0.5, 0.6) is 0 Å². The van der Waals surface area contributed by atoms with Crippen molar-refractivity contribution in [1.29, 1.82) is 0 Å². The van der Waals surface area contributed by atoms with Crippen LogP contribution in [0.3, 0.4) is 0 Å². The summed E-state index contributed by atoms with van der Waals surface area (Å²) in [5, 5.41) is 2.67. The molecule has 4 nitrogen and oxygen atoms in total. The van der Waals surface area contributed by atoms with Crippen molar-refractivity contribution in [1.82, 2.24) is 0 Å². The van der Waals surface area contributed by atoms with Crippen LogP contribution in [0.4, 0.5) is 11.4 Å². The predicted molar refractivity (Wildman–Crippen MR) is 96.1 cm³/mol. The normalized spacial score (nSPS) is 10.2. The Morgan fingerprint density at radius 1 is 1.13 bits per heavy atom. The zero-order valence-corrected chi connectivity index (χ0v) is 14.3. The standard InChI is InChI=1S/C18H20N2O2S/c1-4-20(15-9-5-7-13(2)11-15)18(22)17(21)19-14-8-6-10-16(12-14)23-3/h5-12H,4H2,1-3H3,(H,19,21). The van der Waals surface area contributed by atoms with Gasteiger partial charge in [-0.2, -0.15) is 0 Å². The summed E-state index contributed by atoms with van der Waals surface area (Å²) in [6, 6.07) is 15.0. The lowest BCUT2D eigenvalue weighted by atomic mass is 10.2. The molecule has 2 aromatic carbocycles. The van der Waals surface area contributed by atoms with E-state index >= 15 is 0 Å². The highest BCUT2D eigenvalue weighted by Gasteiger charge is 2.22. The third-order valence-corrected chi connectivity index (χ3v) is 4.12. The van der Waals surface area contributed by atoms with Gasteiger partial charge in [-0.05, 0) is 56.0 Å². The van der Waals surface area contributed by atoms with E-state index in [1.807, 2.05) is 62.6 Å². The maximum absolute atomic E-state index is 12.5. The molecule has 2 aromatic rings. The monoisotopic (exact) mass is 328 g/mol. The summed E-state index contributed by atoms with van der Waals surface area (Å²) in [6.45, 7) is 4.23. The molecule has 0 atom stereocenters. The summed E-state index contributed by atoms with van der Waals surface area (Å²) in [5.74, 6) is -1.20.